The van der Waals surface area contributed by atoms with Crippen molar-refractivity contribution in [3.63, 3.8) is 0 Å². The summed E-state index contributed by atoms with van der Waals surface area (Å²) in [6.07, 6.45) is 5.32. The zero-order chi connectivity index (χ0) is 16.9. The van der Waals surface area contributed by atoms with Crippen molar-refractivity contribution in [2.75, 3.05) is 7.11 Å². The summed E-state index contributed by atoms with van der Waals surface area (Å²) >= 11 is 6.13. The predicted molar refractivity (Wildman–Crippen MR) is 92.7 cm³/mol. The lowest BCUT2D eigenvalue weighted by Gasteiger charge is -2.11. The average molecular weight is 342 g/mol. The molecule has 0 spiro atoms. The van der Waals surface area contributed by atoms with E-state index in [0.717, 1.165) is 11.3 Å². The van der Waals surface area contributed by atoms with E-state index in [2.05, 4.69) is 10.3 Å². The van der Waals surface area contributed by atoms with E-state index in [-0.39, 0.29) is 5.91 Å². The first-order valence-corrected chi connectivity index (χ1v) is 7.75. The molecule has 2 aromatic carbocycles. The van der Waals surface area contributed by atoms with Crippen molar-refractivity contribution >= 4 is 17.5 Å². The molecule has 0 aliphatic rings. The minimum Gasteiger partial charge on any atom is -0.496 e. The van der Waals surface area contributed by atoms with Gasteiger partial charge in [0.2, 0.25) is 0 Å². The normalized spacial score (nSPS) is 10.4. The molecule has 0 saturated carbocycles. The second-order valence-corrected chi connectivity index (χ2v) is 5.55. The van der Waals surface area contributed by atoms with Gasteiger partial charge >= 0.3 is 0 Å². The van der Waals surface area contributed by atoms with Crippen LogP contribution in [0.5, 0.6) is 5.75 Å². The first-order chi connectivity index (χ1) is 11.7. The SMILES string of the molecule is COc1cccc(Cl)c1C(=O)NCc1cccc(-n2ccnc2)c1. The van der Waals surface area contributed by atoms with Crippen molar-refractivity contribution in [3.8, 4) is 11.4 Å². The van der Waals surface area contributed by atoms with E-state index in [0.29, 0.717) is 22.9 Å². The fourth-order valence-corrected chi connectivity index (χ4v) is 2.66. The van der Waals surface area contributed by atoms with Gasteiger partial charge in [-0.1, -0.05) is 29.8 Å². The number of amides is 1. The second-order valence-electron chi connectivity index (χ2n) is 5.14. The van der Waals surface area contributed by atoms with Gasteiger partial charge in [0.15, 0.2) is 0 Å². The highest BCUT2D eigenvalue weighted by Crippen LogP contribution is 2.26. The lowest BCUT2D eigenvalue weighted by molar-refractivity contribution is 0.0948. The molecule has 0 aliphatic heterocycles. The summed E-state index contributed by atoms with van der Waals surface area (Å²) in [6.45, 7) is 0.385. The van der Waals surface area contributed by atoms with E-state index in [1.165, 1.54) is 7.11 Å². The number of aromatic nitrogens is 2. The van der Waals surface area contributed by atoms with E-state index in [9.17, 15) is 4.79 Å². The van der Waals surface area contributed by atoms with Crippen molar-refractivity contribution in [1.82, 2.24) is 14.9 Å². The summed E-state index contributed by atoms with van der Waals surface area (Å²) in [7, 11) is 1.51. The maximum absolute atomic E-state index is 12.4. The quantitative estimate of drug-likeness (QED) is 0.773. The van der Waals surface area contributed by atoms with Crippen molar-refractivity contribution in [2.24, 2.45) is 0 Å². The summed E-state index contributed by atoms with van der Waals surface area (Å²) in [5.74, 6) is 0.178. The number of carbonyl (C=O) groups is 1. The Labute approximate surface area is 144 Å². The number of rotatable bonds is 5. The molecule has 24 heavy (non-hydrogen) atoms. The summed E-state index contributed by atoms with van der Waals surface area (Å²) in [5, 5.41) is 3.24. The highest BCUT2D eigenvalue weighted by molar-refractivity contribution is 6.34. The number of ether oxygens (including phenoxy) is 1. The van der Waals surface area contributed by atoms with Crippen molar-refractivity contribution in [1.29, 1.82) is 0 Å². The van der Waals surface area contributed by atoms with Crippen molar-refractivity contribution < 1.29 is 9.53 Å². The Morgan fingerprint density at radius 2 is 2.12 bits per heavy atom. The van der Waals surface area contributed by atoms with Gasteiger partial charge in [0.1, 0.15) is 5.75 Å². The Balaban J connectivity index is 1.75. The molecule has 6 heteroatoms. The Morgan fingerprint density at radius 3 is 2.88 bits per heavy atom. The molecule has 1 aromatic heterocycles. The first kappa shape index (κ1) is 16.1. The minimum absolute atomic E-state index is 0.273. The van der Waals surface area contributed by atoms with Gasteiger partial charge in [-0.05, 0) is 29.8 Å². The second kappa shape index (κ2) is 7.19. The molecule has 1 amide bonds. The van der Waals surface area contributed by atoms with Crippen molar-refractivity contribution in [2.45, 2.75) is 6.54 Å². The number of hydrogen-bond donors (Lipinski definition) is 1. The van der Waals surface area contributed by atoms with Crippen LogP contribution in [0.15, 0.2) is 61.2 Å². The van der Waals surface area contributed by atoms with Gasteiger partial charge in [-0.25, -0.2) is 4.98 Å². The van der Waals surface area contributed by atoms with Gasteiger partial charge in [-0.2, -0.15) is 0 Å². The monoisotopic (exact) mass is 341 g/mol. The molecule has 122 valence electrons. The lowest BCUT2D eigenvalue weighted by Crippen LogP contribution is -2.23. The highest BCUT2D eigenvalue weighted by atomic mass is 35.5. The van der Waals surface area contributed by atoms with E-state index in [1.54, 1.807) is 30.7 Å². The van der Waals surface area contributed by atoms with Crippen LogP contribution < -0.4 is 10.1 Å². The van der Waals surface area contributed by atoms with Crippen LogP contribution in [0.25, 0.3) is 5.69 Å². The van der Waals surface area contributed by atoms with E-state index >= 15 is 0 Å². The molecule has 0 fully saturated rings. The number of methoxy groups -OCH3 is 1. The molecule has 0 unspecified atom stereocenters. The third-order valence-electron chi connectivity index (χ3n) is 3.59. The number of nitrogens with zero attached hydrogens (tertiary/aromatic N) is 2. The van der Waals surface area contributed by atoms with Crippen molar-refractivity contribution in [3.05, 3.63) is 77.3 Å². The zero-order valence-electron chi connectivity index (χ0n) is 13.1. The highest BCUT2D eigenvalue weighted by Gasteiger charge is 2.15. The Kier molecular flexibility index (Phi) is 4.82. The van der Waals surface area contributed by atoms with Crippen LogP contribution in [0, 0.1) is 0 Å². The number of halogens is 1. The van der Waals surface area contributed by atoms with Gasteiger partial charge in [0.05, 0.1) is 24.0 Å². The molecule has 0 radical (unpaired) electrons. The molecule has 0 bridgehead atoms. The first-order valence-electron chi connectivity index (χ1n) is 7.37. The Bertz CT molecular complexity index is 847. The number of imidazole rings is 1. The molecule has 1 heterocycles. The Morgan fingerprint density at radius 1 is 1.29 bits per heavy atom. The molecule has 1 N–H and O–H groups in total. The molecule has 5 nitrogen and oxygen atoms in total. The molecular weight excluding hydrogens is 326 g/mol. The summed E-state index contributed by atoms with van der Waals surface area (Å²) in [5.41, 5.74) is 2.29. The van der Waals surface area contributed by atoms with Gasteiger partial charge in [-0.15, -0.1) is 0 Å². The van der Waals surface area contributed by atoms with Crippen LogP contribution in [0.4, 0.5) is 0 Å². The molecule has 3 aromatic rings. The number of benzene rings is 2. The summed E-state index contributed by atoms with van der Waals surface area (Å²) in [4.78, 5) is 16.5. The van der Waals surface area contributed by atoms with E-state index in [1.807, 2.05) is 35.0 Å². The fraction of sp³-hybridized carbons (Fsp3) is 0.111. The van der Waals surface area contributed by atoms with Gasteiger partial charge < -0.3 is 14.6 Å². The standard InChI is InChI=1S/C18H16ClN3O2/c1-24-16-7-3-6-15(19)17(16)18(23)21-11-13-4-2-5-14(10-13)22-9-8-20-12-22/h2-10,12H,11H2,1H3,(H,21,23). The minimum atomic E-state index is -0.273. The maximum Gasteiger partial charge on any atom is 0.256 e. The van der Waals surface area contributed by atoms with Gasteiger partial charge in [0.25, 0.3) is 5.91 Å². The van der Waals surface area contributed by atoms with Crippen LogP contribution in [0.1, 0.15) is 15.9 Å². The average Bonchev–Trinajstić information content (AvgIpc) is 3.14. The number of hydrogen-bond acceptors (Lipinski definition) is 3. The number of carbonyl (C=O) groups excluding carboxylic acids is 1. The molecule has 0 saturated heterocycles. The summed E-state index contributed by atoms with van der Waals surface area (Å²) in [6, 6.07) is 13.0. The van der Waals surface area contributed by atoms with Crippen LogP contribution in [-0.2, 0) is 6.54 Å². The van der Waals surface area contributed by atoms with Crippen LogP contribution >= 0.6 is 11.6 Å². The third-order valence-corrected chi connectivity index (χ3v) is 3.90. The largest absolute Gasteiger partial charge is 0.496 e. The predicted octanol–water partition coefficient (Wildman–Crippen LogP) is 3.46. The van der Waals surface area contributed by atoms with Gasteiger partial charge in [0, 0.05) is 24.6 Å². The van der Waals surface area contributed by atoms with Crippen LogP contribution in [0.2, 0.25) is 5.02 Å². The topological polar surface area (TPSA) is 56.1 Å². The van der Waals surface area contributed by atoms with Crippen LogP contribution in [0.3, 0.4) is 0 Å². The third kappa shape index (κ3) is 3.41. The number of nitrogens with one attached hydrogen (secondary N) is 1. The maximum atomic E-state index is 12.4. The Hall–Kier alpha value is -2.79. The zero-order valence-corrected chi connectivity index (χ0v) is 13.8. The summed E-state index contributed by atoms with van der Waals surface area (Å²) < 4.78 is 7.12. The molecule has 0 aliphatic carbocycles. The van der Waals surface area contributed by atoms with E-state index < -0.39 is 0 Å². The molecule has 3 rings (SSSR count). The van der Waals surface area contributed by atoms with E-state index in [4.69, 9.17) is 16.3 Å². The van der Waals surface area contributed by atoms with Crippen LogP contribution in [-0.4, -0.2) is 22.6 Å². The lowest BCUT2D eigenvalue weighted by atomic mass is 10.1. The molecule has 0 atom stereocenters. The van der Waals surface area contributed by atoms with Gasteiger partial charge in [-0.3, -0.25) is 4.79 Å². The smallest absolute Gasteiger partial charge is 0.256 e. The fourth-order valence-electron chi connectivity index (χ4n) is 2.40. The molecular formula is C18H16ClN3O2.